The number of nitrogens with zero attached hydrogens (tertiary/aromatic N) is 4. The van der Waals surface area contributed by atoms with Crippen LogP contribution in [0.5, 0.6) is 0 Å². The Balaban J connectivity index is 1.14. The molecule has 0 saturated heterocycles. The molecule has 3 N–H and O–H groups in total. The molecule has 0 spiro atoms. The lowest BCUT2D eigenvalue weighted by Gasteiger charge is -2.21. The molecule has 52 heavy (non-hydrogen) atoms. The van der Waals surface area contributed by atoms with E-state index in [0.29, 0.717) is 11.4 Å². The first-order chi connectivity index (χ1) is 25.6. The van der Waals surface area contributed by atoms with E-state index in [4.69, 9.17) is 20.8 Å². The van der Waals surface area contributed by atoms with Crippen molar-refractivity contribution in [3.05, 3.63) is 181 Å². The lowest BCUT2D eigenvalue weighted by Crippen LogP contribution is -2.47. The molecule has 4 aromatic carbocycles. The van der Waals surface area contributed by atoms with E-state index in [9.17, 15) is 0 Å². The molecule has 0 fully saturated rings. The Labute approximate surface area is 300 Å². The maximum Gasteiger partial charge on any atom is 0.231 e. The fourth-order valence-electron chi connectivity index (χ4n) is 6.88. The Kier molecular flexibility index (Phi) is 7.67. The zero-order chi connectivity index (χ0) is 35.0. The van der Waals surface area contributed by atoms with Crippen molar-refractivity contribution in [3.63, 3.8) is 0 Å². The van der Waals surface area contributed by atoms with Gasteiger partial charge < -0.3 is 0 Å². The summed E-state index contributed by atoms with van der Waals surface area (Å²) in [5.74, 6) is 0. The Morgan fingerprint density at radius 2 is 1.02 bits per heavy atom. The number of fused-ring (bicyclic) bond motifs is 3. The highest BCUT2D eigenvalue weighted by molar-refractivity contribution is 6.63. The van der Waals surface area contributed by atoms with Crippen LogP contribution in [-0.4, -0.2) is 31.4 Å². The molecule has 1 aliphatic carbocycles. The first-order valence-electron chi connectivity index (χ1n) is 17.1. The van der Waals surface area contributed by atoms with E-state index >= 15 is 0 Å². The van der Waals surface area contributed by atoms with Gasteiger partial charge in [-0.15, -0.1) is 0 Å². The van der Waals surface area contributed by atoms with Crippen LogP contribution in [0.2, 0.25) is 0 Å². The Bertz CT molecular complexity index is 2610. The molecule has 1 aliphatic rings. The first kappa shape index (κ1) is 30.8. The molecule has 9 rings (SSSR count). The zero-order valence-electron chi connectivity index (χ0n) is 28.0. The van der Waals surface area contributed by atoms with E-state index in [1.54, 1.807) is 12.4 Å². The summed E-state index contributed by atoms with van der Waals surface area (Å²) in [5.41, 5.74) is 14.3. The van der Waals surface area contributed by atoms with Crippen molar-refractivity contribution in [2.24, 2.45) is 0 Å². The highest BCUT2D eigenvalue weighted by Crippen LogP contribution is 2.39. The van der Waals surface area contributed by atoms with Crippen molar-refractivity contribution in [2.45, 2.75) is 0 Å². The normalized spacial score (nSPS) is 12.4. The van der Waals surface area contributed by atoms with Gasteiger partial charge in [-0.1, -0.05) is 109 Å². The monoisotopic (exact) mass is 667 g/mol. The van der Waals surface area contributed by atoms with Gasteiger partial charge in [0.1, 0.15) is 5.71 Å². The highest BCUT2D eigenvalue weighted by Gasteiger charge is 2.31. The molecule has 0 atom stereocenters. The first-order valence-corrected chi connectivity index (χ1v) is 17.1. The van der Waals surface area contributed by atoms with Gasteiger partial charge in [0, 0.05) is 34.5 Å². The van der Waals surface area contributed by atoms with Crippen molar-refractivity contribution >= 4 is 34.0 Å². The number of benzene rings is 4. The molecule has 4 aromatic heterocycles. The second kappa shape index (κ2) is 12.9. The predicted octanol–water partition coefficient (Wildman–Crippen LogP) is 8.88. The van der Waals surface area contributed by atoms with Crippen molar-refractivity contribution in [1.29, 1.82) is 5.41 Å². The van der Waals surface area contributed by atoms with E-state index in [1.165, 1.54) is 0 Å². The standard InChI is InChI=1S/C46H30N6/c47-44-36(31-11-3-1-4-12-31)28-37-43(45(44)48)35-22-21-33(25-40(35)52-46(37)32-13-5-2-6-14-32)29-17-19-30(20-18-29)34-26-41(38-15-7-9-23-49-38)51-42(27-34)39-16-8-10-24-50-39/h1-28,47-48H/p+1. The molecule has 0 bridgehead atoms. The lowest BCUT2D eigenvalue weighted by atomic mass is 9.82. The molecule has 0 saturated carbocycles. The van der Waals surface area contributed by atoms with Gasteiger partial charge in [0.2, 0.25) is 5.71 Å². The van der Waals surface area contributed by atoms with E-state index in [2.05, 4.69) is 82.8 Å². The molecule has 6 heteroatoms. The minimum Gasteiger partial charge on any atom is -0.294 e. The van der Waals surface area contributed by atoms with Gasteiger partial charge in [-0.2, -0.15) is 0 Å². The summed E-state index contributed by atoms with van der Waals surface area (Å²) >= 11 is 0. The number of pyridine rings is 4. The Morgan fingerprint density at radius 3 is 1.62 bits per heavy atom. The fourth-order valence-corrected chi connectivity index (χ4v) is 6.88. The molecule has 244 valence electrons. The van der Waals surface area contributed by atoms with Crippen LogP contribution in [0.1, 0.15) is 16.7 Å². The summed E-state index contributed by atoms with van der Waals surface area (Å²) in [7, 11) is 0. The third-order valence-electron chi connectivity index (χ3n) is 9.48. The molecule has 0 amide bonds. The second-order valence-corrected chi connectivity index (χ2v) is 12.7. The van der Waals surface area contributed by atoms with E-state index < -0.39 is 0 Å². The van der Waals surface area contributed by atoms with Gasteiger partial charge in [0.15, 0.2) is 0 Å². The zero-order valence-corrected chi connectivity index (χ0v) is 28.0. The summed E-state index contributed by atoms with van der Waals surface area (Å²) in [5, 5.41) is 16.9. The Hall–Kier alpha value is -7.18. The largest absolute Gasteiger partial charge is 0.294 e. The van der Waals surface area contributed by atoms with Crippen LogP contribution >= 0.6 is 0 Å². The average Bonchev–Trinajstić information content (AvgIpc) is 3.22. The molecular weight excluding hydrogens is 637 g/mol. The molecule has 4 heterocycles. The molecule has 8 aromatic rings. The van der Waals surface area contributed by atoms with E-state index in [-0.39, 0.29) is 0 Å². The van der Waals surface area contributed by atoms with Gasteiger partial charge >= 0.3 is 0 Å². The summed E-state index contributed by atoms with van der Waals surface area (Å²) in [6.07, 6.45) is 5.64. The topological polar surface area (TPSA) is 101 Å². The SMILES string of the molecule is N=C1C(=[NH2+])c2c(c(-c3ccccc3)nc3cc(-c4ccc(-c5cc(-c6ccccn6)nc(-c6ccccn6)c5)cc4)ccc23)C=C1c1ccccc1. The average molecular weight is 668 g/mol. The minimum absolute atomic E-state index is 0.318. The van der Waals surface area contributed by atoms with Crippen LogP contribution in [0.25, 0.3) is 78.8 Å². The molecule has 6 nitrogen and oxygen atoms in total. The van der Waals surface area contributed by atoms with Gasteiger partial charge in [0.25, 0.3) is 0 Å². The summed E-state index contributed by atoms with van der Waals surface area (Å²) in [6, 6.07) is 50.9. The van der Waals surface area contributed by atoms with Crippen LogP contribution in [0.3, 0.4) is 0 Å². The van der Waals surface area contributed by atoms with E-state index in [1.807, 2.05) is 84.9 Å². The quantitative estimate of drug-likeness (QED) is 0.185. The van der Waals surface area contributed by atoms with Crippen molar-refractivity contribution in [2.75, 3.05) is 0 Å². The van der Waals surface area contributed by atoms with Crippen LogP contribution < -0.4 is 5.41 Å². The lowest BCUT2D eigenvalue weighted by molar-refractivity contribution is -0.109. The third-order valence-corrected chi connectivity index (χ3v) is 9.48. The Morgan fingerprint density at radius 1 is 0.462 bits per heavy atom. The number of rotatable bonds is 6. The van der Waals surface area contributed by atoms with Gasteiger partial charge in [0.05, 0.1) is 39.5 Å². The molecule has 0 radical (unpaired) electrons. The molecular formula is C46H31N6+. The van der Waals surface area contributed by atoms with Crippen LogP contribution in [-0.2, 0) is 0 Å². The van der Waals surface area contributed by atoms with Crippen LogP contribution in [0, 0.1) is 5.41 Å². The van der Waals surface area contributed by atoms with Crippen LogP contribution in [0.15, 0.2) is 164 Å². The number of nitrogens with one attached hydrogen (secondary N) is 1. The summed E-state index contributed by atoms with van der Waals surface area (Å²) in [4.78, 5) is 19.3. The molecule has 0 unspecified atom stereocenters. The van der Waals surface area contributed by atoms with Crippen LogP contribution in [0.4, 0.5) is 0 Å². The number of hydrogen-bond donors (Lipinski definition) is 2. The van der Waals surface area contributed by atoms with Gasteiger partial charge in [-0.3, -0.25) is 20.8 Å². The molecule has 0 aliphatic heterocycles. The van der Waals surface area contributed by atoms with Gasteiger partial charge in [-0.05, 0) is 76.4 Å². The number of nitrogens with two attached hydrogens (primary N) is 1. The van der Waals surface area contributed by atoms with Gasteiger partial charge in [-0.25, -0.2) is 9.97 Å². The third kappa shape index (κ3) is 5.58. The second-order valence-electron chi connectivity index (χ2n) is 12.7. The minimum atomic E-state index is 0.318. The summed E-state index contributed by atoms with van der Waals surface area (Å²) < 4.78 is 0. The smallest absolute Gasteiger partial charge is 0.231 e. The number of aromatic nitrogens is 4. The highest BCUT2D eigenvalue weighted by atomic mass is 14.8. The van der Waals surface area contributed by atoms with E-state index in [0.717, 1.165) is 89.5 Å². The maximum atomic E-state index is 9.10. The number of allylic oxidation sites excluding steroid dienone is 1. The fraction of sp³-hybridized carbons (Fsp3) is 0. The predicted molar refractivity (Wildman–Crippen MR) is 210 cm³/mol. The van der Waals surface area contributed by atoms with Crippen molar-refractivity contribution < 1.29 is 5.41 Å². The summed E-state index contributed by atoms with van der Waals surface area (Å²) in [6.45, 7) is 0. The number of hydrogen-bond acceptors (Lipinski definition) is 5. The van der Waals surface area contributed by atoms with Crippen molar-refractivity contribution in [1.82, 2.24) is 19.9 Å². The maximum absolute atomic E-state index is 9.10. The van der Waals surface area contributed by atoms with Crippen molar-refractivity contribution in [3.8, 4) is 56.3 Å².